The fourth-order valence-corrected chi connectivity index (χ4v) is 6.56. The lowest BCUT2D eigenvalue weighted by atomic mass is 9.65. The number of amides is 2. The number of rotatable bonds is 9. The highest BCUT2D eigenvalue weighted by atomic mass is 16.5. The number of ether oxygens (including phenoxy) is 1. The fourth-order valence-electron chi connectivity index (χ4n) is 6.56. The van der Waals surface area contributed by atoms with E-state index in [1.54, 1.807) is 6.92 Å². The summed E-state index contributed by atoms with van der Waals surface area (Å²) in [7, 11) is 0. The molecule has 0 spiro atoms. The monoisotopic (exact) mass is 555 g/mol. The molecule has 0 saturated carbocycles. The summed E-state index contributed by atoms with van der Waals surface area (Å²) in [4.78, 5) is 30.9. The van der Waals surface area contributed by atoms with E-state index in [1.165, 1.54) is 5.56 Å². The molecule has 0 radical (unpaired) electrons. The molecule has 3 aromatic carbocycles. The van der Waals surface area contributed by atoms with Gasteiger partial charge in [-0.3, -0.25) is 9.59 Å². The van der Waals surface area contributed by atoms with Gasteiger partial charge in [0.15, 0.2) is 0 Å². The summed E-state index contributed by atoms with van der Waals surface area (Å²) in [5.41, 5.74) is 5.42. The number of hydrogen-bond acceptors (Lipinski definition) is 4. The zero-order valence-electron chi connectivity index (χ0n) is 25.9. The van der Waals surface area contributed by atoms with Crippen LogP contribution in [-0.4, -0.2) is 48.5 Å². The van der Waals surface area contributed by atoms with Crippen molar-refractivity contribution in [2.75, 3.05) is 36.5 Å². The molecule has 41 heavy (non-hydrogen) atoms. The van der Waals surface area contributed by atoms with Gasteiger partial charge in [0.25, 0.3) is 5.91 Å². The van der Waals surface area contributed by atoms with Crippen LogP contribution in [0.2, 0.25) is 0 Å². The molecule has 1 aliphatic rings. The molecule has 3 aromatic rings. The van der Waals surface area contributed by atoms with Gasteiger partial charge in [0, 0.05) is 36.1 Å². The van der Waals surface area contributed by atoms with Crippen LogP contribution in [-0.2, 0) is 10.2 Å². The van der Waals surface area contributed by atoms with Crippen LogP contribution in [0.25, 0.3) is 0 Å². The van der Waals surface area contributed by atoms with Crippen molar-refractivity contribution in [3.05, 3.63) is 88.5 Å². The van der Waals surface area contributed by atoms with Crippen LogP contribution in [0, 0.1) is 13.8 Å². The molecule has 6 heteroatoms. The zero-order valence-corrected chi connectivity index (χ0v) is 25.9. The Hall–Kier alpha value is -3.64. The maximum atomic E-state index is 13.6. The molecular formula is C35H45N3O3. The van der Waals surface area contributed by atoms with Crippen LogP contribution in [0.15, 0.2) is 60.7 Å². The van der Waals surface area contributed by atoms with Crippen molar-refractivity contribution in [3.63, 3.8) is 0 Å². The molecule has 1 N–H and O–H groups in total. The van der Waals surface area contributed by atoms with Gasteiger partial charge in [-0.2, -0.15) is 0 Å². The molecule has 0 aromatic heterocycles. The number of anilines is 2. The zero-order chi connectivity index (χ0) is 29.9. The lowest BCUT2D eigenvalue weighted by Crippen LogP contribution is -2.55. The van der Waals surface area contributed by atoms with E-state index in [4.69, 9.17) is 4.74 Å². The minimum Gasteiger partial charge on any atom is -0.490 e. The third-order valence-corrected chi connectivity index (χ3v) is 8.34. The lowest BCUT2D eigenvalue weighted by molar-refractivity contribution is -0.117. The molecule has 1 unspecified atom stereocenters. The van der Waals surface area contributed by atoms with E-state index in [2.05, 4.69) is 75.2 Å². The summed E-state index contributed by atoms with van der Waals surface area (Å²) >= 11 is 0. The first kappa shape index (κ1) is 30.3. The quantitative estimate of drug-likeness (QED) is 0.305. The molecule has 0 bridgehead atoms. The standard InChI is InChI=1S/C35H45N3O3/c1-9-37(10-2)16-17-41-32-22-31-29(21-30(32)36-33(40)27-19-24(3)18-25(4)20-27)35(8,28-14-12-11-13-15-28)23-34(6,7)38(31)26(5)39/h11-15,18-22H,9-10,16-17,23H2,1-8H3,(H,36,40). The third-order valence-electron chi connectivity index (χ3n) is 8.34. The first-order valence-electron chi connectivity index (χ1n) is 14.7. The van der Waals surface area contributed by atoms with Crippen LogP contribution < -0.4 is 15.0 Å². The lowest BCUT2D eigenvalue weighted by Gasteiger charge is -2.51. The van der Waals surface area contributed by atoms with Crippen LogP contribution in [0.3, 0.4) is 0 Å². The Balaban J connectivity index is 1.88. The van der Waals surface area contributed by atoms with Gasteiger partial charge < -0.3 is 19.9 Å². The van der Waals surface area contributed by atoms with Crippen molar-refractivity contribution in [1.29, 1.82) is 0 Å². The normalized spacial score (nSPS) is 17.7. The summed E-state index contributed by atoms with van der Waals surface area (Å²) in [6, 6.07) is 20.3. The first-order chi connectivity index (χ1) is 19.4. The maximum absolute atomic E-state index is 13.6. The second kappa shape index (κ2) is 12.1. The average molecular weight is 556 g/mol. The first-order valence-corrected chi connectivity index (χ1v) is 14.7. The van der Waals surface area contributed by atoms with E-state index in [9.17, 15) is 9.59 Å². The van der Waals surface area contributed by atoms with Crippen LogP contribution in [0.5, 0.6) is 5.75 Å². The summed E-state index contributed by atoms with van der Waals surface area (Å²) < 4.78 is 6.40. The minimum absolute atomic E-state index is 0.0209. The van der Waals surface area contributed by atoms with E-state index < -0.39 is 11.0 Å². The van der Waals surface area contributed by atoms with Crippen LogP contribution >= 0.6 is 0 Å². The van der Waals surface area contributed by atoms with Gasteiger partial charge in [0.1, 0.15) is 12.4 Å². The Labute approximate surface area is 245 Å². The van der Waals surface area contributed by atoms with E-state index in [0.29, 0.717) is 23.6 Å². The highest BCUT2D eigenvalue weighted by molar-refractivity contribution is 6.06. The van der Waals surface area contributed by atoms with Gasteiger partial charge in [-0.25, -0.2) is 0 Å². The SMILES string of the molecule is CCN(CC)CCOc1cc2c(cc1NC(=O)c1cc(C)cc(C)c1)C(C)(c1ccccc1)CC(C)(C)N2C(C)=O. The van der Waals surface area contributed by atoms with E-state index in [0.717, 1.165) is 48.4 Å². The van der Waals surface area contributed by atoms with Gasteiger partial charge in [-0.1, -0.05) is 68.3 Å². The maximum Gasteiger partial charge on any atom is 0.255 e. The Morgan fingerprint density at radius 2 is 1.59 bits per heavy atom. The number of nitrogens with one attached hydrogen (secondary N) is 1. The molecule has 1 aliphatic heterocycles. The fraction of sp³-hybridized carbons (Fsp3) is 0.429. The number of carbonyl (C=O) groups excluding carboxylic acids is 2. The molecule has 2 amide bonds. The second-order valence-corrected chi connectivity index (χ2v) is 12.1. The van der Waals surface area contributed by atoms with Crippen molar-refractivity contribution in [3.8, 4) is 5.75 Å². The Morgan fingerprint density at radius 1 is 0.951 bits per heavy atom. The molecule has 6 nitrogen and oxygen atoms in total. The Bertz CT molecular complexity index is 1390. The van der Waals surface area contributed by atoms with Crippen molar-refractivity contribution < 1.29 is 14.3 Å². The number of aryl methyl sites for hydroxylation is 2. The van der Waals surface area contributed by atoms with Gasteiger partial charge in [0.2, 0.25) is 5.91 Å². The number of fused-ring (bicyclic) bond motifs is 1. The Morgan fingerprint density at radius 3 is 2.17 bits per heavy atom. The molecule has 1 heterocycles. The molecule has 4 rings (SSSR count). The largest absolute Gasteiger partial charge is 0.490 e. The van der Waals surface area contributed by atoms with Crippen molar-refractivity contribution in [2.24, 2.45) is 0 Å². The summed E-state index contributed by atoms with van der Waals surface area (Å²) in [6.07, 6.45) is 0.725. The van der Waals surface area contributed by atoms with E-state index in [-0.39, 0.29) is 11.8 Å². The molecule has 218 valence electrons. The second-order valence-electron chi connectivity index (χ2n) is 12.1. The number of likely N-dealkylation sites (N-methyl/N-ethyl adjacent to an activating group) is 1. The van der Waals surface area contributed by atoms with Gasteiger partial charge in [-0.05, 0) is 76.5 Å². The van der Waals surface area contributed by atoms with E-state index in [1.807, 2.05) is 49.1 Å². The summed E-state index contributed by atoms with van der Waals surface area (Å²) in [6.45, 7) is 19.4. The third kappa shape index (κ3) is 6.33. The van der Waals surface area contributed by atoms with Crippen molar-refractivity contribution >= 4 is 23.2 Å². The molecule has 1 atom stereocenters. The van der Waals surface area contributed by atoms with Crippen molar-refractivity contribution in [1.82, 2.24) is 4.90 Å². The minimum atomic E-state index is -0.439. The summed E-state index contributed by atoms with van der Waals surface area (Å²) in [5.74, 6) is 0.354. The van der Waals surface area contributed by atoms with Crippen LogP contribution in [0.4, 0.5) is 11.4 Å². The predicted octanol–water partition coefficient (Wildman–Crippen LogP) is 7.12. The van der Waals surface area contributed by atoms with Gasteiger partial charge in [-0.15, -0.1) is 0 Å². The summed E-state index contributed by atoms with van der Waals surface area (Å²) in [5, 5.41) is 3.17. The van der Waals surface area contributed by atoms with Crippen molar-refractivity contribution in [2.45, 2.75) is 72.8 Å². The molecule has 0 saturated heterocycles. The number of carbonyl (C=O) groups is 2. The number of benzene rings is 3. The topological polar surface area (TPSA) is 61.9 Å². The smallest absolute Gasteiger partial charge is 0.255 e. The van der Waals surface area contributed by atoms with E-state index >= 15 is 0 Å². The Kier molecular flexibility index (Phi) is 8.93. The predicted molar refractivity (Wildman–Crippen MR) is 168 cm³/mol. The number of nitrogens with zero attached hydrogens (tertiary/aromatic N) is 2. The highest BCUT2D eigenvalue weighted by Gasteiger charge is 2.47. The molecule has 0 aliphatic carbocycles. The molecular weight excluding hydrogens is 510 g/mol. The van der Waals surface area contributed by atoms with Gasteiger partial charge >= 0.3 is 0 Å². The van der Waals surface area contributed by atoms with Gasteiger partial charge in [0.05, 0.1) is 11.4 Å². The van der Waals surface area contributed by atoms with Crippen LogP contribution in [0.1, 0.15) is 80.6 Å². The highest BCUT2D eigenvalue weighted by Crippen LogP contribution is 2.53. The number of hydrogen-bond donors (Lipinski definition) is 1. The average Bonchev–Trinajstić information content (AvgIpc) is 2.91. The molecule has 0 fully saturated rings.